The zero-order valence-corrected chi connectivity index (χ0v) is 11.9. The number of carboxylic acid groups (broad SMARTS) is 1. The van der Waals surface area contributed by atoms with Crippen molar-refractivity contribution in [3.05, 3.63) is 29.8 Å². The SMILES string of the molecule is C[C@H](O)CNS(=O)(=O)c1ccc(C2(C(=O)O)CC2)cc1. The molecular weight excluding hydrogens is 282 g/mol. The maximum Gasteiger partial charge on any atom is 0.314 e. The maximum absolute atomic E-state index is 11.9. The van der Waals surface area contributed by atoms with Crippen molar-refractivity contribution in [2.75, 3.05) is 6.54 Å². The lowest BCUT2D eigenvalue weighted by Gasteiger charge is -2.12. The lowest BCUT2D eigenvalue weighted by molar-refractivity contribution is -0.140. The monoisotopic (exact) mass is 299 g/mol. The van der Waals surface area contributed by atoms with Crippen molar-refractivity contribution >= 4 is 16.0 Å². The summed E-state index contributed by atoms with van der Waals surface area (Å²) in [4.78, 5) is 11.2. The summed E-state index contributed by atoms with van der Waals surface area (Å²) in [6, 6.07) is 5.86. The summed E-state index contributed by atoms with van der Waals surface area (Å²) in [5, 5.41) is 18.3. The number of carboxylic acids is 1. The molecule has 0 spiro atoms. The van der Waals surface area contributed by atoms with Crippen molar-refractivity contribution in [1.29, 1.82) is 0 Å². The lowest BCUT2D eigenvalue weighted by atomic mass is 9.96. The van der Waals surface area contributed by atoms with Gasteiger partial charge in [0.05, 0.1) is 16.4 Å². The summed E-state index contributed by atoms with van der Waals surface area (Å²) < 4.78 is 26.1. The molecule has 110 valence electrons. The Bertz CT molecular complexity index is 602. The van der Waals surface area contributed by atoms with Gasteiger partial charge in [0.25, 0.3) is 0 Å². The van der Waals surface area contributed by atoms with Crippen LogP contribution < -0.4 is 4.72 Å². The highest BCUT2D eigenvalue weighted by atomic mass is 32.2. The molecule has 0 radical (unpaired) electrons. The molecule has 0 aliphatic heterocycles. The van der Waals surface area contributed by atoms with Crippen LogP contribution in [0.25, 0.3) is 0 Å². The standard InChI is InChI=1S/C13H17NO5S/c1-9(15)8-14-20(18,19)11-4-2-10(3-5-11)13(6-7-13)12(16)17/h2-5,9,14-15H,6-8H2,1H3,(H,16,17)/t9-/m0/s1. The van der Waals surface area contributed by atoms with Crippen LogP contribution in [-0.4, -0.2) is 37.2 Å². The Morgan fingerprint density at radius 3 is 2.30 bits per heavy atom. The summed E-state index contributed by atoms with van der Waals surface area (Å²) in [5.41, 5.74) is -0.213. The summed E-state index contributed by atoms with van der Waals surface area (Å²) in [6.07, 6.45) is 0.384. The smallest absolute Gasteiger partial charge is 0.314 e. The molecule has 0 bridgehead atoms. The van der Waals surface area contributed by atoms with Crippen LogP contribution in [0.3, 0.4) is 0 Å². The van der Waals surface area contributed by atoms with Crippen LogP contribution in [0.5, 0.6) is 0 Å². The predicted octanol–water partition coefficient (Wildman–Crippen LogP) is 0.462. The van der Waals surface area contributed by atoms with Crippen LogP contribution in [0.15, 0.2) is 29.2 Å². The van der Waals surface area contributed by atoms with Crippen molar-refractivity contribution in [3.63, 3.8) is 0 Å². The molecule has 0 saturated heterocycles. The largest absolute Gasteiger partial charge is 0.481 e. The topological polar surface area (TPSA) is 104 Å². The Morgan fingerprint density at radius 2 is 1.90 bits per heavy atom. The number of aliphatic carboxylic acids is 1. The number of rotatable bonds is 6. The number of aliphatic hydroxyl groups excluding tert-OH is 1. The molecule has 1 fully saturated rings. The molecular formula is C13H17NO5S. The number of benzene rings is 1. The van der Waals surface area contributed by atoms with E-state index in [1.807, 2.05) is 0 Å². The molecule has 0 unspecified atom stereocenters. The number of nitrogens with one attached hydrogen (secondary N) is 1. The highest BCUT2D eigenvalue weighted by Gasteiger charge is 2.51. The molecule has 0 heterocycles. The first-order valence-corrected chi connectivity index (χ1v) is 7.78. The van der Waals surface area contributed by atoms with Crippen LogP contribution in [0.2, 0.25) is 0 Å². The molecule has 1 saturated carbocycles. The summed E-state index contributed by atoms with van der Waals surface area (Å²) in [6.45, 7) is 1.42. The van der Waals surface area contributed by atoms with Gasteiger partial charge in [-0.25, -0.2) is 13.1 Å². The van der Waals surface area contributed by atoms with E-state index in [0.29, 0.717) is 18.4 Å². The van der Waals surface area contributed by atoms with Crippen molar-refractivity contribution < 1.29 is 23.4 Å². The summed E-state index contributed by atoms with van der Waals surface area (Å²) >= 11 is 0. The average molecular weight is 299 g/mol. The first-order chi connectivity index (χ1) is 9.28. The van der Waals surface area contributed by atoms with E-state index in [0.717, 1.165) is 0 Å². The second-order valence-corrected chi connectivity index (χ2v) is 6.88. The van der Waals surface area contributed by atoms with E-state index in [2.05, 4.69) is 4.72 Å². The minimum absolute atomic E-state index is 0.0584. The Morgan fingerprint density at radius 1 is 1.35 bits per heavy atom. The molecule has 1 aromatic carbocycles. The van der Waals surface area contributed by atoms with Crippen LogP contribution in [0.1, 0.15) is 25.3 Å². The molecule has 20 heavy (non-hydrogen) atoms. The van der Waals surface area contributed by atoms with Gasteiger partial charge in [0.15, 0.2) is 0 Å². The van der Waals surface area contributed by atoms with Gasteiger partial charge in [0.2, 0.25) is 10.0 Å². The van der Waals surface area contributed by atoms with Crippen LogP contribution in [0.4, 0.5) is 0 Å². The van der Waals surface area contributed by atoms with Gasteiger partial charge in [-0.05, 0) is 37.5 Å². The van der Waals surface area contributed by atoms with Gasteiger partial charge in [0.1, 0.15) is 0 Å². The molecule has 3 N–H and O–H groups in total. The van der Waals surface area contributed by atoms with E-state index in [9.17, 15) is 18.3 Å². The van der Waals surface area contributed by atoms with E-state index in [1.54, 1.807) is 0 Å². The lowest BCUT2D eigenvalue weighted by Crippen LogP contribution is -2.30. The third kappa shape index (κ3) is 2.84. The zero-order valence-electron chi connectivity index (χ0n) is 11.0. The van der Waals surface area contributed by atoms with E-state index in [4.69, 9.17) is 5.11 Å². The Labute approximate surface area is 117 Å². The third-order valence-electron chi connectivity index (χ3n) is 3.45. The molecule has 1 aliphatic rings. The minimum Gasteiger partial charge on any atom is -0.481 e. The maximum atomic E-state index is 11.9. The normalized spacial score (nSPS) is 18.5. The number of carbonyl (C=O) groups is 1. The van der Waals surface area contributed by atoms with E-state index in [1.165, 1.54) is 31.2 Å². The predicted molar refractivity (Wildman–Crippen MR) is 71.9 cm³/mol. The molecule has 2 rings (SSSR count). The van der Waals surface area contributed by atoms with Gasteiger partial charge in [-0.2, -0.15) is 0 Å². The van der Waals surface area contributed by atoms with Gasteiger partial charge in [-0.15, -0.1) is 0 Å². The third-order valence-corrected chi connectivity index (χ3v) is 4.88. The fourth-order valence-electron chi connectivity index (χ4n) is 2.02. The highest BCUT2D eigenvalue weighted by Crippen LogP contribution is 2.48. The fourth-order valence-corrected chi connectivity index (χ4v) is 3.14. The zero-order chi connectivity index (χ0) is 15.0. The molecule has 6 nitrogen and oxygen atoms in total. The quantitative estimate of drug-likeness (QED) is 0.708. The Balaban J connectivity index is 2.19. The van der Waals surface area contributed by atoms with Crippen molar-refractivity contribution in [3.8, 4) is 0 Å². The second-order valence-electron chi connectivity index (χ2n) is 5.11. The van der Waals surface area contributed by atoms with Gasteiger partial charge >= 0.3 is 5.97 Å². The van der Waals surface area contributed by atoms with Gasteiger partial charge in [0, 0.05) is 6.54 Å². The van der Waals surface area contributed by atoms with Gasteiger partial charge < -0.3 is 10.2 Å². The summed E-state index contributed by atoms with van der Waals surface area (Å²) in [7, 11) is -3.67. The van der Waals surface area contributed by atoms with Crippen LogP contribution in [-0.2, 0) is 20.2 Å². The molecule has 1 aliphatic carbocycles. The molecule has 7 heteroatoms. The molecule has 0 amide bonds. The van der Waals surface area contributed by atoms with Crippen molar-refractivity contribution in [2.24, 2.45) is 0 Å². The number of hydrogen-bond donors (Lipinski definition) is 3. The van der Waals surface area contributed by atoms with Gasteiger partial charge in [-0.1, -0.05) is 12.1 Å². The number of aliphatic hydroxyl groups is 1. The molecule has 0 aromatic heterocycles. The fraction of sp³-hybridized carbons (Fsp3) is 0.462. The molecule has 1 aromatic rings. The van der Waals surface area contributed by atoms with E-state index < -0.39 is 27.5 Å². The van der Waals surface area contributed by atoms with Crippen LogP contribution in [0, 0.1) is 0 Å². The molecule has 1 atom stereocenters. The van der Waals surface area contributed by atoms with E-state index >= 15 is 0 Å². The highest BCUT2D eigenvalue weighted by molar-refractivity contribution is 7.89. The second kappa shape index (κ2) is 5.16. The Hall–Kier alpha value is -1.44. The Kier molecular flexibility index (Phi) is 3.86. The summed E-state index contributed by atoms with van der Waals surface area (Å²) in [5.74, 6) is -0.875. The van der Waals surface area contributed by atoms with Gasteiger partial charge in [-0.3, -0.25) is 4.79 Å². The van der Waals surface area contributed by atoms with Crippen LogP contribution >= 0.6 is 0 Å². The average Bonchev–Trinajstić information content (AvgIpc) is 3.18. The number of sulfonamides is 1. The number of hydrogen-bond acceptors (Lipinski definition) is 4. The first kappa shape index (κ1) is 15.0. The van der Waals surface area contributed by atoms with Crippen molar-refractivity contribution in [1.82, 2.24) is 4.72 Å². The van der Waals surface area contributed by atoms with E-state index in [-0.39, 0.29) is 11.4 Å². The minimum atomic E-state index is -3.67. The first-order valence-electron chi connectivity index (χ1n) is 6.30. The van der Waals surface area contributed by atoms with Crippen molar-refractivity contribution in [2.45, 2.75) is 36.2 Å².